The Bertz CT molecular complexity index is 9450. The molecule has 700 valence electrons. The Labute approximate surface area is 865 Å². The lowest BCUT2D eigenvalue weighted by Gasteiger charge is -2.16. The predicted molar refractivity (Wildman–Crippen MR) is 617 cm³/mol. The van der Waals surface area contributed by atoms with E-state index in [4.69, 9.17) is 49.8 Å². The SMILES string of the molecule is c1ccc(-c2cc(-c3ccc(-c4ccc5nc(-c6ccccn6)c6cccc(-c7ccccc7)c6c5c4)cc3)nc(-c3ccccc3)n2)cc1.c1ccc(-c2ccc3ccc4ccc(-c5ccc6nc(-c7cccc8ccccc78)c7cccc(-c8ccccc8)c7c6c5)nc4c3n2)cc1.c1ccc(-c2nc(-c3ccccc3)nc(-c3ccc(-c4ccc5nc(-c6ccccn6)c6cccc(-c7ccccc7)c6c5c4)cc3)n2)cc1. The first-order chi connectivity index (χ1) is 74.3. The topological polar surface area (TPSA) is 155 Å². The van der Waals surface area contributed by atoms with Gasteiger partial charge in [-0.15, -0.1) is 0 Å². The minimum Gasteiger partial charge on any atom is -0.255 e. The van der Waals surface area contributed by atoms with Gasteiger partial charge in [0, 0.05) is 122 Å². The van der Waals surface area contributed by atoms with Crippen molar-refractivity contribution >= 4 is 97.6 Å². The Hall–Kier alpha value is -20.3. The van der Waals surface area contributed by atoms with Gasteiger partial charge in [-0.05, 0) is 145 Å². The lowest BCUT2D eigenvalue weighted by Crippen LogP contribution is -2.00. The van der Waals surface area contributed by atoms with Crippen LogP contribution in [0.5, 0.6) is 0 Å². The fourth-order valence-electron chi connectivity index (χ4n) is 20.6. The van der Waals surface area contributed by atoms with E-state index in [9.17, 15) is 0 Å². The summed E-state index contributed by atoms with van der Waals surface area (Å²) in [6, 6.07) is 181. The maximum atomic E-state index is 5.39. The van der Waals surface area contributed by atoms with Crippen molar-refractivity contribution in [3.05, 3.63) is 534 Å². The summed E-state index contributed by atoms with van der Waals surface area (Å²) in [5.41, 5.74) is 33.3. The third-order valence-electron chi connectivity index (χ3n) is 28.0. The maximum absolute atomic E-state index is 5.39. The molecular weight excluding hydrogens is 1830 g/mol. The van der Waals surface area contributed by atoms with E-state index >= 15 is 0 Å². The van der Waals surface area contributed by atoms with Crippen LogP contribution in [0.3, 0.4) is 0 Å². The molecule has 9 aromatic heterocycles. The van der Waals surface area contributed by atoms with E-state index < -0.39 is 0 Å². The number of pyridine rings is 7. The number of hydrogen-bond acceptors (Lipinski definition) is 12. The normalized spacial score (nSPS) is 11.3. The Kier molecular flexibility index (Phi) is 23.8. The Balaban J connectivity index is 0.000000113. The maximum Gasteiger partial charge on any atom is 0.164 e. The quantitative estimate of drug-likeness (QED) is 0.0846. The van der Waals surface area contributed by atoms with Gasteiger partial charge in [0.25, 0.3) is 0 Å². The molecule has 19 aromatic carbocycles. The summed E-state index contributed by atoms with van der Waals surface area (Å²) >= 11 is 0. The van der Waals surface area contributed by atoms with Gasteiger partial charge in [0.15, 0.2) is 23.3 Å². The Morgan fingerprint density at radius 2 is 0.413 bits per heavy atom. The lowest BCUT2D eigenvalue weighted by molar-refractivity contribution is 1.07. The molecule has 0 aliphatic carbocycles. The molecule has 0 bridgehead atoms. The average Bonchev–Trinajstić information content (AvgIpc) is 0.732. The van der Waals surface area contributed by atoms with Gasteiger partial charge in [-0.1, -0.05) is 443 Å². The molecule has 28 aromatic rings. The van der Waals surface area contributed by atoms with Crippen molar-refractivity contribution in [3.8, 4) is 180 Å². The van der Waals surface area contributed by atoms with Crippen LogP contribution >= 0.6 is 0 Å². The van der Waals surface area contributed by atoms with Crippen molar-refractivity contribution in [1.29, 1.82) is 0 Å². The highest BCUT2D eigenvalue weighted by atomic mass is 15.0. The van der Waals surface area contributed by atoms with Crippen LogP contribution in [-0.4, -0.2) is 59.8 Å². The average molecular weight is 1910 g/mol. The molecule has 150 heavy (non-hydrogen) atoms. The molecule has 0 radical (unpaired) electrons. The fraction of sp³-hybridized carbons (Fsp3) is 0. The zero-order valence-corrected chi connectivity index (χ0v) is 81.2. The number of benzene rings is 19. The van der Waals surface area contributed by atoms with Gasteiger partial charge in [-0.25, -0.2) is 49.8 Å². The number of aromatic nitrogens is 12. The van der Waals surface area contributed by atoms with Crippen LogP contribution in [0.4, 0.5) is 0 Å². The summed E-state index contributed by atoms with van der Waals surface area (Å²) in [4.78, 5) is 60.2. The van der Waals surface area contributed by atoms with Gasteiger partial charge in [0.2, 0.25) is 0 Å². The van der Waals surface area contributed by atoms with Crippen molar-refractivity contribution in [3.63, 3.8) is 0 Å². The molecule has 0 fully saturated rings. The summed E-state index contributed by atoms with van der Waals surface area (Å²) in [5.74, 6) is 2.63. The summed E-state index contributed by atoms with van der Waals surface area (Å²) in [5, 5.41) is 14.6. The molecule has 0 saturated carbocycles. The minimum absolute atomic E-state index is 0.632. The molecule has 9 heterocycles. The molecule has 0 aliphatic rings. The first-order valence-corrected chi connectivity index (χ1v) is 50.3. The highest BCUT2D eigenvalue weighted by Gasteiger charge is 2.24. The van der Waals surface area contributed by atoms with Crippen molar-refractivity contribution in [1.82, 2.24) is 59.8 Å². The van der Waals surface area contributed by atoms with Gasteiger partial charge < -0.3 is 0 Å². The van der Waals surface area contributed by atoms with Crippen molar-refractivity contribution in [2.45, 2.75) is 0 Å². The van der Waals surface area contributed by atoms with E-state index in [1.54, 1.807) is 0 Å². The van der Waals surface area contributed by atoms with Crippen LogP contribution in [-0.2, 0) is 0 Å². The first kappa shape index (κ1) is 89.7. The van der Waals surface area contributed by atoms with E-state index in [1.807, 2.05) is 164 Å². The number of rotatable bonds is 16. The van der Waals surface area contributed by atoms with Crippen LogP contribution in [0.25, 0.3) is 278 Å². The Morgan fingerprint density at radius 3 is 0.833 bits per heavy atom. The van der Waals surface area contributed by atoms with E-state index in [2.05, 4.69) is 380 Å². The third-order valence-corrected chi connectivity index (χ3v) is 28.0. The van der Waals surface area contributed by atoms with Gasteiger partial charge in [-0.3, -0.25) is 9.97 Å². The second-order valence-electron chi connectivity index (χ2n) is 37.2. The van der Waals surface area contributed by atoms with Crippen LogP contribution < -0.4 is 0 Å². The highest BCUT2D eigenvalue weighted by molar-refractivity contribution is 6.22. The van der Waals surface area contributed by atoms with E-state index in [1.165, 1.54) is 49.4 Å². The molecule has 0 atom stereocenters. The Morgan fingerprint density at radius 1 is 0.127 bits per heavy atom. The highest BCUT2D eigenvalue weighted by Crippen LogP contribution is 2.47. The molecule has 0 saturated heterocycles. The van der Waals surface area contributed by atoms with Gasteiger partial charge in [0.05, 0.1) is 78.8 Å². The van der Waals surface area contributed by atoms with Gasteiger partial charge in [-0.2, -0.15) is 0 Å². The predicted octanol–water partition coefficient (Wildman–Crippen LogP) is 34.9. The van der Waals surface area contributed by atoms with Crippen LogP contribution in [0.15, 0.2) is 534 Å². The second-order valence-corrected chi connectivity index (χ2v) is 37.2. The largest absolute Gasteiger partial charge is 0.255 e. The first-order valence-electron chi connectivity index (χ1n) is 50.3. The van der Waals surface area contributed by atoms with Crippen molar-refractivity contribution in [2.24, 2.45) is 0 Å². The van der Waals surface area contributed by atoms with Gasteiger partial charge >= 0.3 is 0 Å². The zero-order chi connectivity index (χ0) is 99.6. The molecule has 0 aliphatic heterocycles. The third kappa shape index (κ3) is 17.6. The smallest absolute Gasteiger partial charge is 0.164 e. The summed E-state index contributed by atoms with van der Waals surface area (Å²) in [6.45, 7) is 0. The summed E-state index contributed by atoms with van der Waals surface area (Å²) < 4.78 is 0. The standard InChI is InChI=1S/C47H29N3.C46H30N4.C45H29N5/c1-3-11-31(12-4-1)37-18-10-20-39-44(37)40-29-35(25-28-43(40)50-47(39)38-19-9-16-30-13-7-8-17-36(30)38)42-27-24-34-22-21-33-23-26-41(32-14-5-2-6-15-32)48-45(33)46(34)49-42;1-4-13-32(14-5-1)37-19-12-20-38-44(37)39-29-36(26-27-40(39)48-45(38)41-21-10-11-28-47-41)31-22-24-34(25-23-31)43-30-42(33-15-6-2-7-16-33)49-46(50-43)35-17-8-3-9-18-35;1-4-13-31(14-5-1)36-19-12-20-37-41(36)38-29-35(26-27-39(38)47-42(37)40-21-10-11-28-46-40)30-22-24-34(25-23-30)45-49-43(32-15-6-2-7-16-32)48-44(50-45)33-17-8-3-9-18-33/h1-29H;1-30H;1-29H. The minimum atomic E-state index is 0.632. The zero-order valence-electron chi connectivity index (χ0n) is 81.2. The van der Waals surface area contributed by atoms with Crippen LogP contribution in [0.1, 0.15) is 0 Å². The molecule has 0 amide bonds. The molecule has 0 spiro atoms. The van der Waals surface area contributed by atoms with Crippen LogP contribution in [0.2, 0.25) is 0 Å². The molecule has 12 nitrogen and oxygen atoms in total. The van der Waals surface area contributed by atoms with Crippen LogP contribution in [0, 0.1) is 0 Å². The molecule has 0 unspecified atom stereocenters. The molecule has 12 heteroatoms. The number of hydrogen-bond donors (Lipinski definition) is 0. The van der Waals surface area contributed by atoms with Crippen molar-refractivity contribution in [2.75, 3.05) is 0 Å². The molecule has 28 rings (SSSR count). The van der Waals surface area contributed by atoms with E-state index in [-0.39, 0.29) is 0 Å². The fourth-order valence-corrected chi connectivity index (χ4v) is 20.6. The van der Waals surface area contributed by atoms with E-state index in [0.717, 1.165) is 205 Å². The molecule has 0 N–H and O–H groups in total. The monoisotopic (exact) mass is 1910 g/mol. The number of nitrogens with zero attached hydrogens (tertiary/aromatic N) is 12. The second kappa shape index (κ2) is 39.8. The number of fused-ring (bicyclic) bond motifs is 13. The van der Waals surface area contributed by atoms with Gasteiger partial charge in [0.1, 0.15) is 0 Å². The lowest BCUT2D eigenvalue weighted by atomic mass is 9.91. The summed E-state index contributed by atoms with van der Waals surface area (Å²) in [6.07, 6.45) is 3.65. The van der Waals surface area contributed by atoms with E-state index in [0.29, 0.717) is 23.3 Å². The van der Waals surface area contributed by atoms with Crippen molar-refractivity contribution < 1.29 is 0 Å². The summed E-state index contributed by atoms with van der Waals surface area (Å²) in [7, 11) is 0. The molecular formula is C138H88N12.